The van der Waals surface area contributed by atoms with Crippen LogP contribution in [0, 0.1) is 0 Å². The van der Waals surface area contributed by atoms with Crippen molar-refractivity contribution in [3.05, 3.63) is 58.7 Å². The lowest BCUT2D eigenvalue weighted by Gasteiger charge is -2.14. The van der Waals surface area contributed by atoms with Gasteiger partial charge >= 0.3 is 0 Å². The summed E-state index contributed by atoms with van der Waals surface area (Å²) in [6.07, 6.45) is 2.16. The topological polar surface area (TPSA) is 20.2 Å². The Morgan fingerprint density at radius 1 is 1.44 bits per heavy atom. The van der Waals surface area contributed by atoms with Gasteiger partial charge in [0.2, 0.25) is 0 Å². The summed E-state index contributed by atoms with van der Waals surface area (Å²) in [6, 6.07) is 7.26. The number of hydrogen-bond donors (Lipinski definition) is 1. The van der Waals surface area contributed by atoms with Gasteiger partial charge in [0.25, 0.3) is 0 Å². The van der Waals surface area contributed by atoms with Gasteiger partial charge in [-0.3, -0.25) is 0 Å². The van der Waals surface area contributed by atoms with Crippen molar-refractivity contribution in [3.8, 4) is 0 Å². The Kier molecular flexibility index (Phi) is 4.78. The van der Waals surface area contributed by atoms with Crippen LogP contribution in [-0.4, -0.2) is 5.11 Å². The minimum Gasteiger partial charge on any atom is -0.384 e. The third kappa shape index (κ3) is 3.51. The Hall–Kier alpha value is -1.05. The molecule has 0 unspecified atom stereocenters. The summed E-state index contributed by atoms with van der Waals surface area (Å²) in [4.78, 5) is 0. The number of allylic oxidation sites excluding steroid dienone is 2. The molecule has 0 saturated carbocycles. The third-order valence-corrected chi connectivity index (χ3v) is 2.63. The Morgan fingerprint density at radius 3 is 2.44 bits per heavy atom. The first kappa shape index (κ1) is 13.0. The van der Waals surface area contributed by atoms with E-state index in [4.69, 9.17) is 11.6 Å². The van der Waals surface area contributed by atoms with Crippen molar-refractivity contribution in [2.45, 2.75) is 26.4 Å². The number of halogens is 1. The zero-order valence-electron chi connectivity index (χ0n) is 9.70. The van der Waals surface area contributed by atoms with Gasteiger partial charge in [-0.15, -0.1) is 0 Å². The van der Waals surface area contributed by atoms with E-state index in [2.05, 4.69) is 6.58 Å². The van der Waals surface area contributed by atoms with Crippen LogP contribution >= 0.6 is 11.6 Å². The van der Waals surface area contributed by atoms with Crippen molar-refractivity contribution in [1.82, 2.24) is 0 Å². The van der Waals surface area contributed by atoms with Gasteiger partial charge in [0.1, 0.15) is 6.10 Å². The average molecular weight is 237 g/mol. The molecule has 86 valence electrons. The Labute approximate surface area is 102 Å². The summed E-state index contributed by atoms with van der Waals surface area (Å²) < 4.78 is 0. The molecule has 0 saturated heterocycles. The first-order valence-corrected chi connectivity index (χ1v) is 5.72. The number of aliphatic hydroxyl groups excluding tert-OH is 1. The number of rotatable bonds is 4. The van der Waals surface area contributed by atoms with E-state index < -0.39 is 6.10 Å². The molecule has 1 aromatic rings. The molecule has 0 aliphatic carbocycles. The largest absolute Gasteiger partial charge is 0.384 e. The zero-order chi connectivity index (χ0) is 12.1. The summed E-state index contributed by atoms with van der Waals surface area (Å²) >= 11 is 5.80. The molecule has 1 rings (SSSR count). The van der Waals surface area contributed by atoms with Crippen molar-refractivity contribution < 1.29 is 5.11 Å². The first-order chi connectivity index (χ1) is 7.54. The minimum absolute atomic E-state index is 0.570. The molecule has 0 fully saturated rings. The Balaban J connectivity index is 2.95. The van der Waals surface area contributed by atoms with Crippen LogP contribution in [0.25, 0.3) is 0 Å². The van der Waals surface area contributed by atoms with Crippen LogP contribution in [0.15, 0.2) is 48.1 Å². The highest BCUT2D eigenvalue weighted by Gasteiger charge is 2.11. The summed E-state index contributed by atoms with van der Waals surface area (Å²) in [6.45, 7) is 7.77. The Morgan fingerprint density at radius 2 is 2.00 bits per heavy atom. The molecule has 16 heavy (non-hydrogen) atoms. The van der Waals surface area contributed by atoms with E-state index in [0.29, 0.717) is 5.02 Å². The lowest BCUT2D eigenvalue weighted by atomic mass is 9.98. The van der Waals surface area contributed by atoms with Crippen molar-refractivity contribution >= 4 is 11.6 Å². The van der Waals surface area contributed by atoms with Crippen molar-refractivity contribution in [1.29, 1.82) is 0 Å². The molecular weight excluding hydrogens is 220 g/mol. The molecule has 0 radical (unpaired) electrons. The molecule has 1 nitrogen and oxygen atoms in total. The monoisotopic (exact) mass is 236 g/mol. The smallest absolute Gasteiger partial charge is 0.100 e. The predicted molar refractivity (Wildman–Crippen MR) is 69.6 cm³/mol. The van der Waals surface area contributed by atoms with Crippen LogP contribution in [0.4, 0.5) is 0 Å². The summed E-state index contributed by atoms with van der Waals surface area (Å²) in [7, 11) is 0. The number of aliphatic hydroxyl groups is 1. The normalized spacial score (nSPS) is 13.6. The fraction of sp³-hybridized carbons (Fsp3) is 0.286. The Bertz CT molecular complexity index is 390. The van der Waals surface area contributed by atoms with Gasteiger partial charge in [-0.25, -0.2) is 0 Å². The maximum atomic E-state index is 10.2. The summed E-state index contributed by atoms with van der Waals surface area (Å²) in [5.41, 5.74) is 2.78. The molecular formula is C14H17ClO. The fourth-order valence-corrected chi connectivity index (χ4v) is 1.68. The second-order valence-corrected chi connectivity index (χ2v) is 4.31. The average Bonchev–Trinajstić information content (AvgIpc) is 2.25. The van der Waals surface area contributed by atoms with Crippen LogP contribution in [0.5, 0.6) is 0 Å². The molecule has 2 heteroatoms. The highest BCUT2D eigenvalue weighted by Crippen LogP contribution is 2.25. The van der Waals surface area contributed by atoms with Gasteiger partial charge in [0.15, 0.2) is 0 Å². The van der Waals surface area contributed by atoms with E-state index in [0.717, 1.165) is 23.1 Å². The van der Waals surface area contributed by atoms with Crippen LogP contribution in [0.2, 0.25) is 5.02 Å². The molecule has 0 spiro atoms. The summed E-state index contributed by atoms with van der Waals surface area (Å²) in [5.74, 6) is 0. The quantitative estimate of drug-likeness (QED) is 0.774. The zero-order valence-corrected chi connectivity index (χ0v) is 10.5. The van der Waals surface area contributed by atoms with Crippen LogP contribution < -0.4 is 0 Å². The maximum Gasteiger partial charge on any atom is 0.100 e. The fourth-order valence-electron chi connectivity index (χ4n) is 1.55. The van der Waals surface area contributed by atoms with Crippen molar-refractivity contribution in [3.63, 3.8) is 0 Å². The van der Waals surface area contributed by atoms with E-state index in [1.807, 2.05) is 32.1 Å². The van der Waals surface area contributed by atoms with Crippen molar-refractivity contribution in [2.24, 2.45) is 0 Å². The van der Waals surface area contributed by atoms with Crippen LogP contribution in [0.1, 0.15) is 31.9 Å². The second-order valence-electron chi connectivity index (χ2n) is 3.87. The highest BCUT2D eigenvalue weighted by molar-refractivity contribution is 6.30. The van der Waals surface area contributed by atoms with Gasteiger partial charge in [-0.2, -0.15) is 0 Å². The molecule has 0 aliphatic rings. The standard InChI is InChI=1S/C14H17ClO/c1-4-11(9-10(2)3)14(16)12-5-7-13(15)8-6-12/h5-9,14,16H,2,4H2,1,3H3/b11-9+/t14-/m1/s1. The van der Waals surface area contributed by atoms with Crippen LogP contribution in [-0.2, 0) is 0 Å². The summed E-state index contributed by atoms with van der Waals surface area (Å²) in [5, 5.41) is 10.8. The molecule has 1 atom stereocenters. The van der Waals surface area contributed by atoms with Gasteiger partial charge in [-0.05, 0) is 36.6 Å². The van der Waals surface area contributed by atoms with Gasteiger partial charge in [0.05, 0.1) is 0 Å². The molecule has 1 aromatic carbocycles. The highest BCUT2D eigenvalue weighted by atomic mass is 35.5. The van der Waals surface area contributed by atoms with E-state index in [1.165, 1.54) is 0 Å². The van der Waals surface area contributed by atoms with E-state index in [1.54, 1.807) is 12.1 Å². The van der Waals surface area contributed by atoms with E-state index in [9.17, 15) is 5.11 Å². The van der Waals surface area contributed by atoms with E-state index in [-0.39, 0.29) is 0 Å². The SMILES string of the molecule is C=C(C)/C=C(\CC)[C@@H](O)c1ccc(Cl)cc1. The third-order valence-electron chi connectivity index (χ3n) is 2.38. The number of benzene rings is 1. The van der Waals surface area contributed by atoms with Gasteiger partial charge in [-0.1, -0.05) is 48.9 Å². The molecule has 0 heterocycles. The second kappa shape index (κ2) is 5.88. The predicted octanol–water partition coefficient (Wildman–Crippen LogP) is 4.29. The van der Waals surface area contributed by atoms with Gasteiger partial charge < -0.3 is 5.11 Å². The molecule has 0 aromatic heterocycles. The molecule has 0 bridgehead atoms. The van der Waals surface area contributed by atoms with Crippen molar-refractivity contribution in [2.75, 3.05) is 0 Å². The van der Waals surface area contributed by atoms with E-state index >= 15 is 0 Å². The molecule has 0 aliphatic heterocycles. The maximum absolute atomic E-state index is 10.2. The van der Waals surface area contributed by atoms with Gasteiger partial charge in [0, 0.05) is 5.02 Å². The van der Waals surface area contributed by atoms with Crippen LogP contribution in [0.3, 0.4) is 0 Å². The number of hydrogen-bond acceptors (Lipinski definition) is 1. The first-order valence-electron chi connectivity index (χ1n) is 5.34. The lowest BCUT2D eigenvalue weighted by molar-refractivity contribution is 0.212. The molecule has 1 N–H and O–H groups in total. The lowest BCUT2D eigenvalue weighted by Crippen LogP contribution is -2.01. The molecule has 0 amide bonds. The minimum atomic E-state index is -0.570.